The quantitative estimate of drug-likeness (QED) is 0.522. The maximum atomic E-state index is 13.0. The third-order valence-electron chi connectivity index (χ3n) is 4.47. The first-order chi connectivity index (χ1) is 13.3. The largest absolute Gasteiger partial charge is 0.335 e. The molecule has 1 heterocycles. The summed E-state index contributed by atoms with van der Waals surface area (Å²) in [5, 5.41) is 9.09. The average molecular weight is 468 g/mol. The number of halogens is 1. The van der Waals surface area contributed by atoms with Gasteiger partial charge in [0.2, 0.25) is 10.0 Å². The number of nitrogens with one attached hydrogen (secondary N) is 1. The Kier molecular flexibility index (Phi) is 6.14. The van der Waals surface area contributed by atoms with Gasteiger partial charge in [-0.1, -0.05) is 34.1 Å². The van der Waals surface area contributed by atoms with Crippen molar-refractivity contribution in [3.05, 3.63) is 64.6 Å². The first kappa shape index (κ1) is 20.5. The summed E-state index contributed by atoms with van der Waals surface area (Å²) >= 11 is 3.25. The van der Waals surface area contributed by atoms with Crippen LogP contribution in [0.2, 0.25) is 0 Å². The summed E-state index contributed by atoms with van der Waals surface area (Å²) in [6.07, 6.45) is 0. The zero-order valence-corrected chi connectivity index (χ0v) is 17.1. The number of rotatable bonds is 4. The van der Waals surface area contributed by atoms with Crippen LogP contribution in [0.25, 0.3) is 0 Å². The molecular formula is C18H18BrN3O5S. The molecule has 28 heavy (non-hydrogen) atoms. The highest BCUT2D eigenvalue weighted by Gasteiger charge is 2.41. The van der Waals surface area contributed by atoms with Gasteiger partial charge < -0.3 is 4.90 Å². The fourth-order valence-corrected chi connectivity index (χ4v) is 4.87. The fourth-order valence-electron chi connectivity index (χ4n) is 3.03. The Bertz CT molecular complexity index is 966. The van der Waals surface area contributed by atoms with Crippen molar-refractivity contribution >= 4 is 37.8 Å². The lowest BCUT2D eigenvalue weighted by atomic mass is 10.1. The van der Waals surface area contributed by atoms with Crippen LogP contribution in [0.3, 0.4) is 0 Å². The Balaban J connectivity index is 1.88. The zero-order chi connectivity index (χ0) is 20.3. The molecule has 0 aliphatic carbocycles. The minimum Gasteiger partial charge on any atom is -0.335 e. The molecule has 1 atom stereocenters. The third kappa shape index (κ3) is 4.09. The van der Waals surface area contributed by atoms with Crippen LogP contribution >= 0.6 is 15.9 Å². The molecule has 0 bridgehead atoms. The molecular weight excluding hydrogens is 450 g/mol. The van der Waals surface area contributed by atoms with E-state index in [0.29, 0.717) is 5.56 Å². The van der Waals surface area contributed by atoms with E-state index in [9.17, 15) is 18.0 Å². The number of hydrogen-bond acceptors (Lipinski definition) is 5. The van der Waals surface area contributed by atoms with Crippen molar-refractivity contribution < 1.29 is 23.2 Å². The molecule has 1 aliphatic rings. The molecule has 0 spiro atoms. The van der Waals surface area contributed by atoms with Crippen LogP contribution in [-0.2, 0) is 14.8 Å². The van der Waals surface area contributed by atoms with Gasteiger partial charge in [-0.2, -0.15) is 4.31 Å². The molecule has 0 radical (unpaired) electrons. The number of sulfonamides is 1. The Morgan fingerprint density at radius 1 is 1.04 bits per heavy atom. The van der Waals surface area contributed by atoms with Crippen molar-refractivity contribution in [2.75, 3.05) is 19.6 Å². The van der Waals surface area contributed by atoms with Crippen LogP contribution in [-0.4, -0.2) is 60.3 Å². The highest BCUT2D eigenvalue weighted by molar-refractivity contribution is 9.10. The van der Waals surface area contributed by atoms with Crippen LogP contribution in [0, 0.1) is 0 Å². The lowest BCUT2D eigenvalue weighted by molar-refractivity contribution is -0.134. The molecule has 0 aromatic heterocycles. The van der Waals surface area contributed by atoms with Gasteiger partial charge in [-0.05, 0) is 36.4 Å². The number of carbonyl (C=O) groups is 2. The van der Waals surface area contributed by atoms with Gasteiger partial charge in [-0.3, -0.25) is 14.8 Å². The highest BCUT2D eigenvalue weighted by Crippen LogP contribution is 2.24. The molecule has 0 saturated carbocycles. The number of benzene rings is 2. The second kappa shape index (κ2) is 8.39. The van der Waals surface area contributed by atoms with E-state index in [-0.39, 0.29) is 30.4 Å². The molecule has 1 aliphatic heterocycles. The van der Waals surface area contributed by atoms with E-state index in [1.54, 1.807) is 42.5 Å². The van der Waals surface area contributed by atoms with Crippen molar-refractivity contribution in [1.82, 2.24) is 14.7 Å². The minimum atomic E-state index is -3.99. The number of hydroxylamine groups is 1. The normalized spacial score (nSPS) is 17.9. The minimum absolute atomic E-state index is 0.0225. The van der Waals surface area contributed by atoms with E-state index >= 15 is 0 Å². The van der Waals surface area contributed by atoms with Crippen LogP contribution in [0.15, 0.2) is 64.0 Å². The average Bonchev–Trinajstić information content (AvgIpc) is 2.73. The van der Waals surface area contributed by atoms with Crippen molar-refractivity contribution in [3.8, 4) is 0 Å². The van der Waals surface area contributed by atoms with Crippen LogP contribution < -0.4 is 5.48 Å². The van der Waals surface area contributed by atoms with E-state index in [1.165, 1.54) is 22.5 Å². The van der Waals surface area contributed by atoms with E-state index < -0.39 is 22.0 Å². The third-order valence-corrected chi connectivity index (χ3v) is 6.92. The molecule has 2 amide bonds. The smallest absolute Gasteiger partial charge is 0.263 e. The second-order valence-electron chi connectivity index (χ2n) is 6.18. The topological polar surface area (TPSA) is 107 Å². The van der Waals surface area contributed by atoms with Gasteiger partial charge in [0, 0.05) is 29.7 Å². The maximum absolute atomic E-state index is 13.0. The predicted molar refractivity (Wildman–Crippen MR) is 104 cm³/mol. The number of carbonyl (C=O) groups excluding carboxylic acids is 2. The number of nitrogens with zero attached hydrogens (tertiary/aromatic N) is 2. The maximum Gasteiger partial charge on any atom is 0.263 e. The molecule has 1 unspecified atom stereocenters. The lowest BCUT2D eigenvalue weighted by Gasteiger charge is -2.39. The van der Waals surface area contributed by atoms with Gasteiger partial charge in [-0.25, -0.2) is 13.9 Å². The van der Waals surface area contributed by atoms with E-state index in [4.69, 9.17) is 5.21 Å². The van der Waals surface area contributed by atoms with Crippen LogP contribution in [0.5, 0.6) is 0 Å². The molecule has 2 N–H and O–H groups in total. The Morgan fingerprint density at radius 3 is 2.29 bits per heavy atom. The number of piperazine rings is 1. The highest BCUT2D eigenvalue weighted by atomic mass is 79.9. The summed E-state index contributed by atoms with van der Waals surface area (Å²) < 4.78 is 27.8. The lowest BCUT2D eigenvalue weighted by Crippen LogP contribution is -2.61. The molecule has 8 nitrogen and oxygen atoms in total. The van der Waals surface area contributed by atoms with E-state index in [2.05, 4.69) is 15.9 Å². The number of amides is 2. The van der Waals surface area contributed by atoms with E-state index in [1.807, 2.05) is 0 Å². The fraction of sp³-hybridized carbons (Fsp3) is 0.222. The van der Waals surface area contributed by atoms with Crippen molar-refractivity contribution in [3.63, 3.8) is 0 Å². The Labute approximate surface area is 170 Å². The Hall–Kier alpha value is -2.27. The number of hydrogen-bond donors (Lipinski definition) is 2. The molecule has 10 heteroatoms. The van der Waals surface area contributed by atoms with E-state index in [0.717, 1.165) is 8.78 Å². The summed E-state index contributed by atoms with van der Waals surface area (Å²) in [5.41, 5.74) is 1.95. The molecule has 148 valence electrons. The standard InChI is InChI=1S/C18H18BrN3O5S/c19-14-6-8-15(9-7-14)28(26,27)22-11-10-21(12-16(22)17(23)20-25)18(24)13-4-2-1-3-5-13/h1-9,16,25H,10-12H2,(H,20,23). The van der Waals surface area contributed by atoms with Gasteiger partial charge in [0.05, 0.1) is 4.90 Å². The molecule has 1 fully saturated rings. The van der Waals surface area contributed by atoms with Crippen molar-refractivity contribution in [1.29, 1.82) is 0 Å². The van der Waals surface area contributed by atoms with Gasteiger partial charge >= 0.3 is 0 Å². The summed E-state index contributed by atoms with van der Waals surface area (Å²) in [4.78, 5) is 26.3. The molecule has 2 aromatic carbocycles. The molecule has 2 aromatic rings. The Morgan fingerprint density at radius 2 is 1.68 bits per heavy atom. The molecule has 1 saturated heterocycles. The van der Waals surface area contributed by atoms with Gasteiger partial charge in [0.15, 0.2) is 0 Å². The summed E-state index contributed by atoms with van der Waals surface area (Å²) in [7, 11) is -3.99. The monoisotopic (exact) mass is 467 g/mol. The van der Waals surface area contributed by atoms with Crippen LogP contribution in [0.4, 0.5) is 0 Å². The van der Waals surface area contributed by atoms with Crippen molar-refractivity contribution in [2.45, 2.75) is 10.9 Å². The SMILES string of the molecule is O=C(NO)C1CN(C(=O)c2ccccc2)CCN1S(=O)(=O)c1ccc(Br)cc1. The van der Waals surface area contributed by atoms with Crippen LogP contribution in [0.1, 0.15) is 10.4 Å². The predicted octanol–water partition coefficient (Wildman–Crippen LogP) is 1.47. The molecule has 3 rings (SSSR count). The van der Waals surface area contributed by atoms with Gasteiger partial charge in [0.25, 0.3) is 11.8 Å². The zero-order valence-electron chi connectivity index (χ0n) is 14.7. The van der Waals surface area contributed by atoms with Crippen molar-refractivity contribution in [2.24, 2.45) is 0 Å². The summed E-state index contributed by atoms with van der Waals surface area (Å²) in [6, 6.07) is 13.3. The summed E-state index contributed by atoms with van der Waals surface area (Å²) in [5.74, 6) is -1.21. The second-order valence-corrected chi connectivity index (χ2v) is 8.98. The summed E-state index contributed by atoms with van der Waals surface area (Å²) in [6.45, 7) is -0.121. The van der Waals surface area contributed by atoms with Gasteiger partial charge in [-0.15, -0.1) is 0 Å². The first-order valence-corrected chi connectivity index (χ1v) is 10.6. The van der Waals surface area contributed by atoms with Gasteiger partial charge in [0.1, 0.15) is 6.04 Å². The first-order valence-electron chi connectivity index (χ1n) is 8.40.